The fraction of sp³-hybridized carbons (Fsp3) is 0.727. The number of hydrogen-bond donors (Lipinski definition) is 1. The molecule has 3 heteroatoms. The summed E-state index contributed by atoms with van der Waals surface area (Å²) in [4.78, 5) is 4.59. The summed E-state index contributed by atoms with van der Waals surface area (Å²) in [5, 5.41) is 3.41. The van der Waals surface area contributed by atoms with Gasteiger partial charge in [0.1, 0.15) is 0 Å². The van der Waals surface area contributed by atoms with Crippen molar-refractivity contribution in [2.45, 2.75) is 46.1 Å². The highest BCUT2D eigenvalue weighted by atomic mass is 32.1. The van der Waals surface area contributed by atoms with E-state index in [1.807, 2.05) is 6.92 Å². The number of hydrogen-bond acceptors (Lipinski definition) is 3. The van der Waals surface area contributed by atoms with Crippen molar-refractivity contribution in [1.29, 1.82) is 0 Å². The molecule has 1 rings (SSSR count). The molecule has 1 heterocycles. The molecule has 0 aromatic carbocycles. The summed E-state index contributed by atoms with van der Waals surface area (Å²) >= 11 is 1.77. The van der Waals surface area contributed by atoms with Gasteiger partial charge < -0.3 is 5.73 Å². The van der Waals surface area contributed by atoms with Gasteiger partial charge in [-0.3, -0.25) is 0 Å². The van der Waals surface area contributed by atoms with E-state index in [1.165, 1.54) is 10.7 Å². The first-order valence-corrected chi connectivity index (χ1v) is 6.14. The molecule has 80 valence electrons. The standard InChI is InChI=1S/C11H20N2S/c1-8(2)6-10-7-14-11(13-10)5-4-9(3)12/h7-9H,4-6,12H2,1-3H3. The number of aryl methyl sites for hydroxylation is 1. The molecular weight excluding hydrogens is 192 g/mol. The monoisotopic (exact) mass is 212 g/mol. The van der Waals surface area contributed by atoms with Crippen molar-refractivity contribution >= 4 is 11.3 Å². The van der Waals surface area contributed by atoms with Crippen LogP contribution in [0.1, 0.15) is 37.9 Å². The predicted molar refractivity (Wildman–Crippen MR) is 62.6 cm³/mol. The number of nitrogens with two attached hydrogens (primary N) is 1. The van der Waals surface area contributed by atoms with Crippen LogP contribution in [0.2, 0.25) is 0 Å². The Kier molecular flexibility index (Phi) is 4.55. The van der Waals surface area contributed by atoms with Crippen LogP contribution in [0.5, 0.6) is 0 Å². The summed E-state index contributed by atoms with van der Waals surface area (Å²) in [5.74, 6) is 0.693. The summed E-state index contributed by atoms with van der Waals surface area (Å²) in [6.07, 6.45) is 3.16. The van der Waals surface area contributed by atoms with Crippen molar-refractivity contribution in [3.05, 3.63) is 16.1 Å². The molecule has 0 spiro atoms. The molecule has 0 saturated heterocycles. The number of thiazole rings is 1. The molecule has 1 aromatic rings. The Morgan fingerprint density at radius 3 is 2.71 bits per heavy atom. The van der Waals surface area contributed by atoms with E-state index in [9.17, 15) is 0 Å². The zero-order valence-corrected chi connectivity index (χ0v) is 10.1. The number of aromatic nitrogens is 1. The Balaban J connectivity index is 2.42. The minimum Gasteiger partial charge on any atom is -0.328 e. The lowest BCUT2D eigenvalue weighted by atomic mass is 10.1. The summed E-state index contributed by atoms with van der Waals surface area (Å²) in [6, 6.07) is 0.285. The first-order chi connectivity index (χ1) is 6.58. The summed E-state index contributed by atoms with van der Waals surface area (Å²) < 4.78 is 0. The van der Waals surface area contributed by atoms with Gasteiger partial charge in [-0.2, -0.15) is 0 Å². The van der Waals surface area contributed by atoms with Gasteiger partial charge in [-0.25, -0.2) is 4.98 Å². The Labute approximate surface area is 90.6 Å². The van der Waals surface area contributed by atoms with Gasteiger partial charge in [0.15, 0.2) is 0 Å². The van der Waals surface area contributed by atoms with Crippen molar-refractivity contribution in [2.24, 2.45) is 11.7 Å². The van der Waals surface area contributed by atoms with Gasteiger partial charge in [0.05, 0.1) is 10.7 Å². The van der Waals surface area contributed by atoms with E-state index >= 15 is 0 Å². The van der Waals surface area contributed by atoms with Gasteiger partial charge in [0, 0.05) is 17.8 Å². The van der Waals surface area contributed by atoms with Crippen LogP contribution in [-0.2, 0) is 12.8 Å². The average molecular weight is 212 g/mol. The molecule has 0 aliphatic carbocycles. The lowest BCUT2D eigenvalue weighted by Gasteiger charge is -2.01. The third kappa shape index (κ3) is 4.20. The van der Waals surface area contributed by atoms with Crippen molar-refractivity contribution < 1.29 is 0 Å². The van der Waals surface area contributed by atoms with Gasteiger partial charge in [-0.1, -0.05) is 13.8 Å². The van der Waals surface area contributed by atoms with Crippen molar-refractivity contribution in [3.8, 4) is 0 Å². The zero-order chi connectivity index (χ0) is 10.6. The lowest BCUT2D eigenvalue weighted by molar-refractivity contribution is 0.631. The number of nitrogens with zero attached hydrogens (tertiary/aromatic N) is 1. The van der Waals surface area contributed by atoms with Crippen LogP contribution < -0.4 is 5.73 Å². The summed E-state index contributed by atoms with van der Waals surface area (Å²) in [5.41, 5.74) is 6.95. The molecule has 2 N–H and O–H groups in total. The molecule has 1 unspecified atom stereocenters. The highest BCUT2D eigenvalue weighted by Gasteiger charge is 2.04. The van der Waals surface area contributed by atoms with Crippen LogP contribution in [0.15, 0.2) is 5.38 Å². The van der Waals surface area contributed by atoms with Gasteiger partial charge in [-0.15, -0.1) is 11.3 Å². The summed E-state index contributed by atoms with van der Waals surface area (Å²) in [7, 11) is 0. The molecule has 0 aliphatic heterocycles. The Morgan fingerprint density at radius 1 is 1.43 bits per heavy atom. The summed E-state index contributed by atoms with van der Waals surface area (Å²) in [6.45, 7) is 6.49. The van der Waals surface area contributed by atoms with Gasteiger partial charge in [0.2, 0.25) is 0 Å². The van der Waals surface area contributed by atoms with E-state index in [0.29, 0.717) is 5.92 Å². The second kappa shape index (κ2) is 5.47. The zero-order valence-electron chi connectivity index (χ0n) is 9.29. The van der Waals surface area contributed by atoms with E-state index in [2.05, 4.69) is 24.2 Å². The fourth-order valence-electron chi connectivity index (χ4n) is 1.33. The van der Waals surface area contributed by atoms with E-state index in [0.717, 1.165) is 19.3 Å². The quantitative estimate of drug-likeness (QED) is 0.815. The van der Waals surface area contributed by atoms with Crippen LogP contribution >= 0.6 is 11.3 Å². The van der Waals surface area contributed by atoms with E-state index in [4.69, 9.17) is 5.73 Å². The first-order valence-electron chi connectivity index (χ1n) is 5.26. The predicted octanol–water partition coefficient (Wildman–Crippen LogP) is 2.62. The molecule has 0 amide bonds. The van der Waals surface area contributed by atoms with E-state index in [1.54, 1.807) is 11.3 Å². The molecule has 1 aromatic heterocycles. The normalized spacial score (nSPS) is 13.5. The second-order valence-electron chi connectivity index (χ2n) is 4.35. The van der Waals surface area contributed by atoms with Crippen LogP contribution in [0, 0.1) is 5.92 Å². The van der Waals surface area contributed by atoms with E-state index in [-0.39, 0.29) is 6.04 Å². The molecule has 0 saturated carbocycles. The molecule has 1 atom stereocenters. The number of rotatable bonds is 5. The maximum atomic E-state index is 5.70. The van der Waals surface area contributed by atoms with Crippen molar-refractivity contribution in [3.63, 3.8) is 0 Å². The van der Waals surface area contributed by atoms with E-state index < -0.39 is 0 Å². The highest BCUT2D eigenvalue weighted by molar-refractivity contribution is 7.09. The molecular formula is C11H20N2S. The fourth-order valence-corrected chi connectivity index (χ4v) is 2.15. The SMILES string of the molecule is CC(C)Cc1csc(CCC(C)N)n1. The minimum atomic E-state index is 0.285. The molecule has 2 nitrogen and oxygen atoms in total. The van der Waals surface area contributed by atoms with Crippen LogP contribution in [0.4, 0.5) is 0 Å². The van der Waals surface area contributed by atoms with Crippen LogP contribution in [0.3, 0.4) is 0 Å². The van der Waals surface area contributed by atoms with Gasteiger partial charge in [0.25, 0.3) is 0 Å². The molecule has 0 bridgehead atoms. The first kappa shape index (κ1) is 11.7. The lowest BCUT2D eigenvalue weighted by Crippen LogP contribution is -2.15. The Morgan fingerprint density at radius 2 is 2.14 bits per heavy atom. The van der Waals surface area contributed by atoms with Crippen LogP contribution in [0.25, 0.3) is 0 Å². The maximum Gasteiger partial charge on any atom is 0.0928 e. The molecule has 14 heavy (non-hydrogen) atoms. The largest absolute Gasteiger partial charge is 0.328 e. The van der Waals surface area contributed by atoms with Crippen molar-refractivity contribution in [2.75, 3.05) is 0 Å². The Hall–Kier alpha value is -0.410. The van der Waals surface area contributed by atoms with Crippen LogP contribution in [-0.4, -0.2) is 11.0 Å². The third-order valence-corrected chi connectivity index (χ3v) is 2.99. The smallest absolute Gasteiger partial charge is 0.0928 e. The molecule has 0 radical (unpaired) electrons. The molecule has 0 fully saturated rings. The third-order valence-electron chi connectivity index (χ3n) is 2.03. The topological polar surface area (TPSA) is 38.9 Å². The second-order valence-corrected chi connectivity index (χ2v) is 5.29. The van der Waals surface area contributed by atoms with Crippen molar-refractivity contribution in [1.82, 2.24) is 4.98 Å². The maximum absolute atomic E-state index is 5.70. The van der Waals surface area contributed by atoms with Gasteiger partial charge >= 0.3 is 0 Å². The minimum absolute atomic E-state index is 0.285. The Bertz CT molecular complexity index is 266. The highest BCUT2D eigenvalue weighted by Crippen LogP contribution is 2.15. The molecule has 0 aliphatic rings. The van der Waals surface area contributed by atoms with Gasteiger partial charge in [-0.05, 0) is 25.7 Å². The average Bonchev–Trinajstić information content (AvgIpc) is 2.47.